The zero-order chi connectivity index (χ0) is 25.6. The van der Waals surface area contributed by atoms with Gasteiger partial charge in [-0.15, -0.1) is 0 Å². The third-order valence-electron chi connectivity index (χ3n) is 8.63. The predicted octanol–water partition coefficient (Wildman–Crippen LogP) is 5.48. The number of hydrogen-bond donors (Lipinski definition) is 2. The molecular weight excluding hydrogens is 473 g/mol. The van der Waals surface area contributed by atoms with Crippen LogP contribution in [0.4, 0.5) is 0 Å². The number of rotatable bonds is 4. The summed E-state index contributed by atoms with van der Waals surface area (Å²) in [6, 6.07) is 8.92. The van der Waals surface area contributed by atoms with Crippen molar-refractivity contribution in [1.29, 1.82) is 0 Å². The van der Waals surface area contributed by atoms with Gasteiger partial charge in [-0.05, 0) is 75.5 Å². The van der Waals surface area contributed by atoms with Crippen molar-refractivity contribution in [1.82, 2.24) is 14.5 Å². The zero-order valence-electron chi connectivity index (χ0n) is 21.5. The lowest BCUT2D eigenvalue weighted by molar-refractivity contribution is -0.00893. The van der Waals surface area contributed by atoms with Crippen molar-refractivity contribution in [3.8, 4) is 0 Å². The van der Waals surface area contributed by atoms with E-state index in [4.69, 9.17) is 0 Å². The molecule has 0 saturated carbocycles. The molecule has 194 valence electrons. The molecule has 2 fully saturated rings. The van der Waals surface area contributed by atoms with E-state index in [1.54, 1.807) is 0 Å². The smallest absolute Gasteiger partial charge is 0.321 e. The van der Waals surface area contributed by atoms with Gasteiger partial charge in [0.15, 0.2) is 0 Å². The quantitative estimate of drug-likeness (QED) is 0.417. The minimum absolute atomic E-state index is 0.0337. The first-order chi connectivity index (χ1) is 17.1. The first-order valence-corrected chi connectivity index (χ1v) is 15.0. The Kier molecular flexibility index (Phi) is 7.12. The lowest BCUT2D eigenvalue weighted by Crippen LogP contribution is -2.57. The van der Waals surface area contributed by atoms with Gasteiger partial charge in [-0.25, -0.2) is 4.98 Å². The molecule has 0 amide bonds. The van der Waals surface area contributed by atoms with Gasteiger partial charge in [0.05, 0.1) is 11.0 Å². The van der Waals surface area contributed by atoms with Crippen molar-refractivity contribution < 1.29 is 14.4 Å². The van der Waals surface area contributed by atoms with Crippen LogP contribution in [0.1, 0.15) is 77.5 Å². The van der Waals surface area contributed by atoms with Crippen molar-refractivity contribution in [2.75, 3.05) is 0 Å². The number of nitrogens with zero attached hydrogens (tertiary/aromatic N) is 3. The van der Waals surface area contributed by atoms with E-state index >= 15 is 0 Å². The van der Waals surface area contributed by atoms with Gasteiger partial charge in [-0.3, -0.25) is 14.3 Å². The van der Waals surface area contributed by atoms with Crippen LogP contribution in [-0.2, 0) is 4.57 Å². The number of hydrogen-bond acceptors (Lipinski definition) is 4. The summed E-state index contributed by atoms with van der Waals surface area (Å²) in [7, 11) is -4.40. The molecule has 3 aliphatic rings. The highest BCUT2D eigenvalue weighted by atomic mass is 31.2. The largest absolute Gasteiger partial charge is 0.349 e. The van der Waals surface area contributed by atoms with Crippen LogP contribution >= 0.6 is 7.60 Å². The molecule has 5 rings (SSSR count). The summed E-state index contributed by atoms with van der Waals surface area (Å²) in [4.78, 5) is 39.5. The summed E-state index contributed by atoms with van der Waals surface area (Å²) in [6.07, 6.45) is 11.5. The molecule has 1 aromatic heterocycles. The van der Waals surface area contributed by atoms with E-state index in [0.717, 1.165) is 37.0 Å². The summed E-state index contributed by atoms with van der Waals surface area (Å²) in [5.74, 6) is 2.09. The highest BCUT2D eigenvalue weighted by molar-refractivity contribution is 7.55. The van der Waals surface area contributed by atoms with Gasteiger partial charge in [0, 0.05) is 30.0 Å². The van der Waals surface area contributed by atoms with E-state index in [-0.39, 0.29) is 17.3 Å². The van der Waals surface area contributed by atoms with E-state index in [0.29, 0.717) is 35.5 Å². The average Bonchev–Trinajstić information content (AvgIpc) is 2.93. The number of aromatic nitrogens is 2. The normalized spacial score (nSPS) is 32.0. The van der Waals surface area contributed by atoms with E-state index in [2.05, 4.69) is 36.7 Å². The second-order valence-electron chi connectivity index (χ2n) is 11.3. The predicted molar refractivity (Wildman–Crippen MR) is 144 cm³/mol. The average molecular weight is 512 g/mol. The fourth-order valence-corrected chi connectivity index (χ4v) is 7.33. The Bertz CT molecular complexity index is 1280. The number of fused-ring (bicyclic) bond motifs is 3. The van der Waals surface area contributed by atoms with Crippen LogP contribution < -0.4 is 5.56 Å². The standard InChI is InChI=1S/C28H38N3O4P/c1-18-13-19(2)20(3)15-23(14-18)30-21-7-6-8-22(30)17-24(16-21)31-27-10-5-4-9-25(27)29-26(28(31)32)11-12-36(33,34)35/h4-5,9-12,15,18-19,21-24H,6-8,13-14,16-17H2,1-3H3,(H2,33,34,35)/b12-11+/t18-,19+,21-,22+,23-,24+/m0/s1. The summed E-state index contributed by atoms with van der Waals surface area (Å²) >= 11 is 0. The van der Waals surface area contributed by atoms with Crippen molar-refractivity contribution in [2.45, 2.75) is 89.9 Å². The van der Waals surface area contributed by atoms with E-state index in [1.165, 1.54) is 30.9 Å². The van der Waals surface area contributed by atoms with Gasteiger partial charge >= 0.3 is 7.60 Å². The molecule has 2 saturated heterocycles. The number of para-hydroxylation sites is 2. The lowest BCUT2D eigenvalue weighted by atomic mass is 9.79. The van der Waals surface area contributed by atoms with Gasteiger partial charge < -0.3 is 14.4 Å². The molecule has 8 heteroatoms. The summed E-state index contributed by atoms with van der Waals surface area (Å²) < 4.78 is 13.3. The van der Waals surface area contributed by atoms with Crippen molar-refractivity contribution in [3.63, 3.8) is 0 Å². The molecule has 0 spiro atoms. The molecular formula is C28H38N3O4P. The second-order valence-corrected chi connectivity index (χ2v) is 12.8. The van der Waals surface area contributed by atoms with Crippen molar-refractivity contribution in [3.05, 3.63) is 57.8 Å². The van der Waals surface area contributed by atoms with Crippen LogP contribution in [-0.4, -0.2) is 42.4 Å². The maximum Gasteiger partial charge on any atom is 0.349 e. The van der Waals surface area contributed by atoms with Gasteiger partial charge in [0.1, 0.15) is 5.69 Å². The van der Waals surface area contributed by atoms with Gasteiger partial charge in [-0.2, -0.15) is 0 Å². The number of allylic oxidation sites excluding steroid dienone is 1. The van der Waals surface area contributed by atoms with Crippen LogP contribution in [0.25, 0.3) is 17.1 Å². The van der Waals surface area contributed by atoms with E-state index < -0.39 is 7.60 Å². The molecule has 1 aliphatic carbocycles. The summed E-state index contributed by atoms with van der Waals surface area (Å²) in [6.45, 7) is 7.01. The minimum atomic E-state index is -4.40. The highest BCUT2D eigenvalue weighted by Gasteiger charge is 2.43. The zero-order valence-corrected chi connectivity index (χ0v) is 22.3. The number of benzene rings is 1. The van der Waals surface area contributed by atoms with Crippen LogP contribution in [0.15, 0.2) is 46.5 Å². The van der Waals surface area contributed by atoms with Crippen LogP contribution in [0.2, 0.25) is 0 Å². The van der Waals surface area contributed by atoms with Gasteiger partial charge in [-0.1, -0.05) is 44.1 Å². The second kappa shape index (κ2) is 10.0. The topological polar surface area (TPSA) is 95.7 Å². The molecule has 7 nitrogen and oxygen atoms in total. The number of piperidine rings is 2. The molecule has 2 aromatic rings. The van der Waals surface area contributed by atoms with Crippen molar-refractivity contribution in [2.24, 2.45) is 11.8 Å². The maximum absolute atomic E-state index is 13.6. The Balaban J connectivity index is 1.52. The Hall–Kier alpha value is -2.05. The molecule has 6 atom stereocenters. The highest BCUT2D eigenvalue weighted by Crippen LogP contribution is 2.43. The molecule has 36 heavy (non-hydrogen) atoms. The molecule has 0 radical (unpaired) electrons. The minimum Gasteiger partial charge on any atom is -0.321 e. The van der Waals surface area contributed by atoms with Crippen LogP contribution in [0.3, 0.4) is 0 Å². The maximum atomic E-state index is 13.6. The Morgan fingerprint density at radius 2 is 1.72 bits per heavy atom. The molecule has 2 aliphatic heterocycles. The Labute approximate surface area is 213 Å². The molecule has 2 bridgehead atoms. The lowest BCUT2D eigenvalue weighted by Gasteiger charge is -2.52. The van der Waals surface area contributed by atoms with Crippen LogP contribution in [0, 0.1) is 11.8 Å². The Morgan fingerprint density at radius 1 is 1.03 bits per heavy atom. The van der Waals surface area contributed by atoms with E-state index in [9.17, 15) is 19.1 Å². The summed E-state index contributed by atoms with van der Waals surface area (Å²) in [5.41, 5.74) is 2.76. The SMILES string of the molecule is CC1=C[C@@H](N2[C@@H]3CCC[C@H]2C[C@@H](n2c(=O)c(/C=C/P(=O)(O)O)nc4ccccc42)C3)C[C@@H](C)C[C@H]1C. The van der Waals surface area contributed by atoms with E-state index in [1.807, 2.05) is 28.8 Å². The summed E-state index contributed by atoms with van der Waals surface area (Å²) in [5, 5.41) is 0. The fraction of sp³-hybridized carbons (Fsp3) is 0.571. The van der Waals surface area contributed by atoms with Crippen LogP contribution in [0.5, 0.6) is 0 Å². The van der Waals surface area contributed by atoms with Gasteiger partial charge in [0.2, 0.25) is 0 Å². The molecule has 0 unspecified atom stereocenters. The molecule has 3 heterocycles. The molecule has 1 aromatic carbocycles. The Morgan fingerprint density at radius 3 is 2.42 bits per heavy atom. The monoisotopic (exact) mass is 511 g/mol. The molecule has 2 N–H and O–H groups in total. The third kappa shape index (κ3) is 5.17. The fourth-order valence-electron chi connectivity index (χ4n) is 6.99. The first-order valence-electron chi connectivity index (χ1n) is 13.3. The first kappa shape index (κ1) is 25.6. The van der Waals surface area contributed by atoms with Gasteiger partial charge in [0.25, 0.3) is 5.56 Å². The van der Waals surface area contributed by atoms with Crippen molar-refractivity contribution >= 4 is 24.7 Å². The third-order valence-corrected chi connectivity index (χ3v) is 9.17.